The summed E-state index contributed by atoms with van der Waals surface area (Å²) in [7, 11) is 0. The van der Waals surface area contributed by atoms with Gasteiger partial charge < -0.3 is 4.90 Å². The Morgan fingerprint density at radius 2 is 2.00 bits per heavy atom. The smallest absolute Gasteiger partial charge is 0.140 e. The van der Waals surface area contributed by atoms with E-state index < -0.39 is 0 Å². The first-order valence-corrected chi connectivity index (χ1v) is 7.25. The van der Waals surface area contributed by atoms with Crippen LogP contribution in [-0.2, 0) is 0 Å². The summed E-state index contributed by atoms with van der Waals surface area (Å²) in [4.78, 5) is 11.0. The van der Waals surface area contributed by atoms with Crippen molar-refractivity contribution in [3.05, 3.63) is 47.5 Å². The van der Waals surface area contributed by atoms with Crippen LogP contribution >= 0.6 is 15.9 Å². The lowest BCUT2D eigenvalue weighted by Gasteiger charge is -2.40. The standard InChI is InChI=1S/C14H12BrN5/c15-10-5-18-20(6-10)11-7-19(8-11)14-12-3-1-2-4-13(12)16-9-17-14/h1-6,9,11H,7-8H2. The van der Waals surface area contributed by atoms with Crippen LogP contribution in [0.3, 0.4) is 0 Å². The quantitative estimate of drug-likeness (QED) is 0.725. The molecule has 0 spiro atoms. The average Bonchev–Trinajstić information content (AvgIpc) is 2.84. The molecule has 100 valence electrons. The van der Waals surface area contributed by atoms with Gasteiger partial charge in [-0.1, -0.05) is 12.1 Å². The van der Waals surface area contributed by atoms with E-state index in [1.165, 1.54) is 0 Å². The topological polar surface area (TPSA) is 46.8 Å². The van der Waals surface area contributed by atoms with Crippen LogP contribution in [0.25, 0.3) is 10.9 Å². The highest BCUT2D eigenvalue weighted by atomic mass is 79.9. The average molecular weight is 330 g/mol. The van der Waals surface area contributed by atoms with E-state index in [9.17, 15) is 0 Å². The van der Waals surface area contributed by atoms with Crippen LogP contribution in [0.15, 0.2) is 47.5 Å². The molecule has 0 bridgehead atoms. The van der Waals surface area contributed by atoms with E-state index in [2.05, 4.69) is 42.0 Å². The number of hydrogen-bond donors (Lipinski definition) is 0. The number of benzene rings is 1. The lowest BCUT2D eigenvalue weighted by molar-refractivity contribution is 0.366. The fourth-order valence-electron chi connectivity index (χ4n) is 2.55. The summed E-state index contributed by atoms with van der Waals surface area (Å²) >= 11 is 3.43. The Morgan fingerprint density at radius 1 is 1.15 bits per heavy atom. The van der Waals surface area contributed by atoms with Crippen molar-refractivity contribution < 1.29 is 0 Å². The third-order valence-electron chi connectivity index (χ3n) is 3.63. The van der Waals surface area contributed by atoms with Crippen molar-refractivity contribution in [2.24, 2.45) is 0 Å². The minimum Gasteiger partial charge on any atom is -0.352 e. The molecule has 0 radical (unpaired) electrons. The van der Waals surface area contributed by atoms with Crippen molar-refractivity contribution >= 4 is 32.7 Å². The van der Waals surface area contributed by atoms with E-state index in [0.29, 0.717) is 6.04 Å². The lowest BCUT2D eigenvalue weighted by Crippen LogP contribution is -2.48. The van der Waals surface area contributed by atoms with Crippen molar-refractivity contribution in [2.75, 3.05) is 18.0 Å². The first-order chi connectivity index (χ1) is 9.81. The molecule has 1 aromatic carbocycles. The van der Waals surface area contributed by atoms with Crippen LogP contribution in [0.1, 0.15) is 6.04 Å². The second-order valence-corrected chi connectivity index (χ2v) is 5.83. The predicted molar refractivity (Wildman–Crippen MR) is 80.7 cm³/mol. The van der Waals surface area contributed by atoms with Gasteiger partial charge in [-0.2, -0.15) is 5.10 Å². The Hall–Kier alpha value is -1.95. The highest BCUT2D eigenvalue weighted by molar-refractivity contribution is 9.10. The molecule has 0 atom stereocenters. The minimum absolute atomic E-state index is 0.412. The van der Waals surface area contributed by atoms with E-state index in [4.69, 9.17) is 0 Å². The summed E-state index contributed by atoms with van der Waals surface area (Å²) in [5.41, 5.74) is 0.989. The third kappa shape index (κ3) is 1.87. The molecule has 20 heavy (non-hydrogen) atoms. The van der Waals surface area contributed by atoms with E-state index in [0.717, 1.165) is 34.3 Å². The Labute approximate surface area is 124 Å². The molecular weight excluding hydrogens is 318 g/mol. The van der Waals surface area contributed by atoms with Crippen LogP contribution in [0, 0.1) is 0 Å². The van der Waals surface area contributed by atoms with Gasteiger partial charge in [0.05, 0.1) is 22.2 Å². The Bertz CT molecular complexity index is 758. The molecule has 0 N–H and O–H groups in total. The molecule has 1 aliphatic rings. The molecular formula is C14H12BrN5. The number of halogens is 1. The zero-order chi connectivity index (χ0) is 13.5. The number of fused-ring (bicyclic) bond motifs is 1. The molecule has 0 amide bonds. The maximum Gasteiger partial charge on any atom is 0.140 e. The maximum atomic E-state index is 4.44. The molecule has 0 aliphatic carbocycles. The molecule has 0 saturated carbocycles. The number of hydrogen-bond acceptors (Lipinski definition) is 4. The Kier molecular flexibility index (Phi) is 2.70. The fraction of sp³-hybridized carbons (Fsp3) is 0.214. The number of rotatable bonds is 2. The number of aromatic nitrogens is 4. The van der Waals surface area contributed by atoms with E-state index in [1.807, 2.05) is 35.3 Å². The molecule has 6 heteroatoms. The van der Waals surface area contributed by atoms with Crippen LogP contribution in [0.2, 0.25) is 0 Å². The number of para-hydroxylation sites is 1. The number of nitrogens with zero attached hydrogens (tertiary/aromatic N) is 5. The first-order valence-electron chi connectivity index (χ1n) is 6.45. The fourth-order valence-corrected chi connectivity index (χ4v) is 2.85. The predicted octanol–water partition coefficient (Wildman–Crippen LogP) is 2.65. The van der Waals surface area contributed by atoms with Gasteiger partial charge in [-0.25, -0.2) is 9.97 Å². The molecule has 1 aliphatic heterocycles. The molecule has 3 aromatic rings. The van der Waals surface area contributed by atoms with E-state index in [-0.39, 0.29) is 0 Å². The minimum atomic E-state index is 0.412. The monoisotopic (exact) mass is 329 g/mol. The maximum absolute atomic E-state index is 4.44. The molecule has 0 unspecified atom stereocenters. The summed E-state index contributed by atoms with van der Waals surface area (Å²) in [6, 6.07) is 8.52. The Balaban J connectivity index is 1.60. The zero-order valence-corrected chi connectivity index (χ0v) is 12.2. The molecule has 4 rings (SSSR count). The third-order valence-corrected chi connectivity index (χ3v) is 4.04. The van der Waals surface area contributed by atoms with Crippen LogP contribution in [-0.4, -0.2) is 32.8 Å². The highest BCUT2D eigenvalue weighted by Crippen LogP contribution is 2.30. The van der Waals surface area contributed by atoms with Crippen LogP contribution in [0.4, 0.5) is 5.82 Å². The van der Waals surface area contributed by atoms with Crippen molar-refractivity contribution in [3.63, 3.8) is 0 Å². The van der Waals surface area contributed by atoms with Gasteiger partial charge >= 0.3 is 0 Å². The largest absolute Gasteiger partial charge is 0.352 e. The van der Waals surface area contributed by atoms with Crippen molar-refractivity contribution in [1.29, 1.82) is 0 Å². The molecule has 2 aromatic heterocycles. The van der Waals surface area contributed by atoms with Gasteiger partial charge in [-0.05, 0) is 28.1 Å². The first kappa shape index (κ1) is 11.8. The SMILES string of the molecule is Brc1cnn(C2CN(c3ncnc4ccccc34)C2)c1. The second-order valence-electron chi connectivity index (χ2n) is 4.91. The Morgan fingerprint density at radius 3 is 2.80 bits per heavy atom. The van der Waals surface area contributed by atoms with Gasteiger partial charge in [0.1, 0.15) is 12.1 Å². The summed E-state index contributed by atoms with van der Waals surface area (Å²) in [5.74, 6) is 1.01. The summed E-state index contributed by atoms with van der Waals surface area (Å²) in [6.45, 7) is 1.85. The lowest BCUT2D eigenvalue weighted by atomic mass is 10.1. The highest BCUT2D eigenvalue weighted by Gasteiger charge is 2.30. The van der Waals surface area contributed by atoms with Gasteiger partial charge in [0, 0.05) is 24.7 Å². The summed E-state index contributed by atoms with van der Waals surface area (Å²) in [6.07, 6.45) is 5.47. The molecule has 1 saturated heterocycles. The van der Waals surface area contributed by atoms with Crippen LogP contribution < -0.4 is 4.90 Å². The summed E-state index contributed by atoms with van der Waals surface area (Å²) in [5, 5.41) is 5.45. The molecule has 3 heterocycles. The molecule has 1 fully saturated rings. The van der Waals surface area contributed by atoms with Gasteiger partial charge in [-0.15, -0.1) is 0 Å². The second kappa shape index (κ2) is 4.56. The van der Waals surface area contributed by atoms with Crippen molar-refractivity contribution in [3.8, 4) is 0 Å². The van der Waals surface area contributed by atoms with Crippen LogP contribution in [0.5, 0.6) is 0 Å². The van der Waals surface area contributed by atoms with Crippen molar-refractivity contribution in [1.82, 2.24) is 19.7 Å². The number of anilines is 1. The van der Waals surface area contributed by atoms with E-state index >= 15 is 0 Å². The molecule has 5 nitrogen and oxygen atoms in total. The van der Waals surface area contributed by atoms with Gasteiger partial charge in [0.25, 0.3) is 0 Å². The summed E-state index contributed by atoms with van der Waals surface area (Å²) < 4.78 is 3.02. The normalized spacial score (nSPS) is 15.6. The van der Waals surface area contributed by atoms with Gasteiger partial charge in [-0.3, -0.25) is 4.68 Å². The van der Waals surface area contributed by atoms with Crippen molar-refractivity contribution in [2.45, 2.75) is 6.04 Å². The van der Waals surface area contributed by atoms with Gasteiger partial charge in [0.2, 0.25) is 0 Å². The van der Waals surface area contributed by atoms with E-state index in [1.54, 1.807) is 6.33 Å². The van der Waals surface area contributed by atoms with Gasteiger partial charge in [0.15, 0.2) is 0 Å². The zero-order valence-electron chi connectivity index (χ0n) is 10.6.